The van der Waals surface area contributed by atoms with Gasteiger partial charge in [-0.2, -0.15) is 0 Å². The van der Waals surface area contributed by atoms with Crippen LogP contribution in [0.4, 0.5) is 4.39 Å². The van der Waals surface area contributed by atoms with Crippen LogP contribution in [-0.4, -0.2) is 19.3 Å². The van der Waals surface area contributed by atoms with E-state index >= 15 is 0 Å². The Morgan fingerprint density at radius 1 is 1.14 bits per heavy atom. The van der Waals surface area contributed by atoms with Gasteiger partial charge in [0.2, 0.25) is 10.0 Å². The molecule has 0 unspecified atom stereocenters. The minimum Gasteiger partial charge on any atom is -0.472 e. The lowest BCUT2D eigenvalue weighted by Gasteiger charge is -2.08. The van der Waals surface area contributed by atoms with Crippen molar-refractivity contribution in [2.24, 2.45) is 0 Å². The summed E-state index contributed by atoms with van der Waals surface area (Å²) in [6.45, 7) is 0.250. The fourth-order valence-electron chi connectivity index (χ4n) is 2.24. The van der Waals surface area contributed by atoms with Crippen molar-refractivity contribution in [1.82, 2.24) is 15.0 Å². The van der Waals surface area contributed by atoms with E-state index in [-0.39, 0.29) is 28.1 Å². The topological polar surface area (TPSA) is 101 Å². The lowest BCUT2D eigenvalue weighted by Crippen LogP contribution is -2.25. The molecule has 1 amide bonds. The number of carbonyl (C=O) groups excluding carboxylic acids is 1. The smallest absolute Gasteiger partial charge is 0.270 e. The minimum atomic E-state index is -3.87. The number of nitrogens with one attached hydrogen (secondary N) is 2. The van der Waals surface area contributed by atoms with E-state index in [1.165, 1.54) is 24.8 Å². The summed E-state index contributed by atoms with van der Waals surface area (Å²) in [7, 11) is -3.87. The van der Waals surface area contributed by atoms with Gasteiger partial charge in [0.15, 0.2) is 0 Å². The first-order chi connectivity index (χ1) is 13.3. The Labute approximate surface area is 165 Å². The zero-order valence-electron chi connectivity index (χ0n) is 14.4. The maximum atomic E-state index is 13.2. The molecule has 0 saturated heterocycles. The first-order valence-electron chi connectivity index (χ1n) is 8.04. The van der Waals surface area contributed by atoms with Crippen molar-refractivity contribution < 1.29 is 22.0 Å². The van der Waals surface area contributed by atoms with Crippen molar-refractivity contribution in [3.05, 3.63) is 82.8 Å². The number of hydrogen-bond donors (Lipinski definition) is 2. The Balaban J connectivity index is 1.59. The highest BCUT2D eigenvalue weighted by molar-refractivity contribution is 7.89. The summed E-state index contributed by atoms with van der Waals surface area (Å²) in [5.41, 5.74) is 1.56. The van der Waals surface area contributed by atoms with Gasteiger partial charge in [-0.15, -0.1) is 0 Å². The fourth-order valence-corrected chi connectivity index (χ4v) is 3.52. The molecule has 0 bridgehead atoms. The fraction of sp³-hybridized carbons (Fsp3) is 0.111. The number of halogens is 2. The van der Waals surface area contributed by atoms with Crippen LogP contribution in [0.25, 0.3) is 0 Å². The maximum Gasteiger partial charge on any atom is 0.270 e. The second-order valence-corrected chi connectivity index (χ2v) is 7.94. The van der Waals surface area contributed by atoms with E-state index in [1.807, 2.05) is 0 Å². The molecule has 0 atom stereocenters. The third-order valence-electron chi connectivity index (χ3n) is 3.76. The van der Waals surface area contributed by atoms with Crippen LogP contribution in [-0.2, 0) is 23.1 Å². The number of amides is 1. The molecule has 0 radical (unpaired) electrons. The van der Waals surface area contributed by atoms with Gasteiger partial charge in [0.1, 0.15) is 11.5 Å². The Hall–Kier alpha value is -2.75. The number of hydrogen-bond acceptors (Lipinski definition) is 5. The normalized spacial score (nSPS) is 11.4. The van der Waals surface area contributed by atoms with Crippen LogP contribution < -0.4 is 10.0 Å². The van der Waals surface area contributed by atoms with Crippen LogP contribution >= 0.6 is 11.6 Å². The molecule has 0 aliphatic rings. The van der Waals surface area contributed by atoms with Crippen molar-refractivity contribution in [2.75, 3.05) is 0 Å². The number of sulfonamides is 1. The molecule has 2 heterocycles. The van der Waals surface area contributed by atoms with Gasteiger partial charge in [-0.05, 0) is 35.9 Å². The van der Waals surface area contributed by atoms with E-state index in [4.69, 9.17) is 16.0 Å². The molecule has 0 saturated carbocycles. The summed E-state index contributed by atoms with van der Waals surface area (Å²) >= 11 is 5.62. The zero-order chi connectivity index (χ0) is 20.1. The summed E-state index contributed by atoms with van der Waals surface area (Å²) < 4.78 is 45.0. The van der Waals surface area contributed by atoms with Gasteiger partial charge < -0.3 is 9.73 Å². The lowest BCUT2D eigenvalue weighted by molar-refractivity contribution is 0.0946. The first kappa shape index (κ1) is 20.0. The maximum absolute atomic E-state index is 13.2. The van der Waals surface area contributed by atoms with Gasteiger partial charge in [0.25, 0.3) is 5.91 Å². The molecule has 1 aromatic carbocycles. The van der Waals surface area contributed by atoms with Gasteiger partial charge in [-0.1, -0.05) is 17.7 Å². The van der Waals surface area contributed by atoms with E-state index in [9.17, 15) is 17.6 Å². The van der Waals surface area contributed by atoms with Crippen molar-refractivity contribution in [3.8, 4) is 0 Å². The van der Waals surface area contributed by atoms with Gasteiger partial charge in [0, 0.05) is 24.8 Å². The number of carbonyl (C=O) groups is 1. The average molecular weight is 424 g/mol. The SMILES string of the molecule is O=C(NCc1ccoc1)c1ccc(CNS(=O)(=O)c2ccc(F)c(Cl)c2)cn1. The monoisotopic (exact) mass is 423 g/mol. The van der Waals surface area contributed by atoms with E-state index in [0.29, 0.717) is 12.1 Å². The summed E-state index contributed by atoms with van der Waals surface area (Å²) in [5, 5.41) is 2.41. The highest BCUT2D eigenvalue weighted by Crippen LogP contribution is 2.19. The first-order valence-corrected chi connectivity index (χ1v) is 9.90. The number of furan rings is 1. The van der Waals surface area contributed by atoms with Crippen LogP contribution in [0, 0.1) is 5.82 Å². The van der Waals surface area contributed by atoms with Gasteiger partial charge >= 0.3 is 0 Å². The number of benzene rings is 1. The minimum absolute atomic E-state index is 0.0543. The highest BCUT2D eigenvalue weighted by Gasteiger charge is 2.16. The molecule has 0 spiro atoms. The summed E-state index contributed by atoms with van der Waals surface area (Å²) in [4.78, 5) is 15.9. The van der Waals surface area contributed by atoms with Crippen molar-refractivity contribution in [2.45, 2.75) is 18.0 Å². The molecule has 3 rings (SSSR count). The molecule has 2 N–H and O–H groups in total. The standard InChI is InChI=1S/C18H15ClFN3O4S/c19-15-7-14(2-3-16(15)20)28(25,26)23-10-12-1-4-17(21-8-12)18(24)22-9-13-5-6-27-11-13/h1-8,11,23H,9-10H2,(H,22,24). The van der Waals surface area contributed by atoms with Crippen LogP contribution in [0.2, 0.25) is 5.02 Å². The van der Waals surface area contributed by atoms with Gasteiger partial charge in [-0.25, -0.2) is 17.5 Å². The van der Waals surface area contributed by atoms with Gasteiger partial charge in [0.05, 0.1) is 22.4 Å². The largest absolute Gasteiger partial charge is 0.472 e. The molecule has 3 aromatic rings. The predicted molar refractivity (Wildman–Crippen MR) is 99.6 cm³/mol. The second kappa shape index (κ2) is 8.51. The molecule has 0 aliphatic carbocycles. The molecule has 28 heavy (non-hydrogen) atoms. The Morgan fingerprint density at radius 3 is 2.61 bits per heavy atom. The molecule has 0 aliphatic heterocycles. The van der Waals surface area contributed by atoms with E-state index < -0.39 is 15.8 Å². The second-order valence-electron chi connectivity index (χ2n) is 5.77. The average Bonchev–Trinajstić information content (AvgIpc) is 3.20. The Kier molecular flexibility index (Phi) is 6.08. The molecular formula is C18H15ClFN3O4S. The van der Waals surface area contributed by atoms with E-state index in [0.717, 1.165) is 23.8 Å². The van der Waals surface area contributed by atoms with Crippen LogP contribution in [0.15, 0.2) is 64.4 Å². The third kappa shape index (κ3) is 4.94. The molecule has 0 fully saturated rings. The van der Waals surface area contributed by atoms with Crippen molar-refractivity contribution in [3.63, 3.8) is 0 Å². The molecule has 2 aromatic heterocycles. The highest BCUT2D eigenvalue weighted by atomic mass is 35.5. The number of aromatic nitrogens is 1. The predicted octanol–water partition coefficient (Wildman–Crippen LogP) is 2.88. The van der Waals surface area contributed by atoms with E-state index in [1.54, 1.807) is 12.1 Å². The molecule has 146 valence electrons. The van der Waals surface area contributed by atoms with Crippen LogP contribution in [0.1, 0.15) is 21.6 Å². The van der Waals surface area contributed by atoms with Crippen LogP contribution in [0.3, 0.4) is 0 Å². The van der Waals surface area contributed by atoms with Crippen molar-refractivity contribution in [1.29, 1.82) is 0 Å². The number of nitrogens with zero attached hydrogens (tertiary/aromatic N) is 1. The van der Waals surface area contributed by atoms with Gasteiger partial charge in [-0.3, -0.25) is 9.78 Å². The molecule has 10 heteroatoms. The molecular weight excluding hydrogens is 409 g/mol. The summed E-state index contributed by atoms with van der Waals surface area (Å²) in [5.74, 6) is -1.07. The Bertz CT molecular complexity index is 1070. The Morgan fingerprint density at radius 2 is 1.96 bits per heavy atom. The van der Waals surface area contributed by atoms with E-state index in [2.05, 4.69) is 15.0 Å². The number of rotatable bonds is 7. The quantitative estimate of drug-likeness (QED) is 0.608. The number of pyridine rings is 1. The van der Waals surface area contributed by atoms with Crippen molar-refractivity contribution >= 4 is 27.5 Å². The zero-order valence-corrected chi connectivity index (χ0v) is 15.9. The van der Waals surface area contributed by atoms with Crippen LogP contribution in [0.5, 0.6) is 0 Å². The third-order valence-corrected chi connectivity index (χ3v) is 5.45. The lowest BCUT2D eigenvalue weighted by atomic mass is 10.2. The summed E-state index contributed by atoms with van der Waals surface area (Å²) in [6, 6.07) is 7.94. The summed E-state index contributed by atoms with van der Waals surface area (Å²) in [6.07, 6.45) is 4.43. The molecule has 7 nitrogen and oxygen atoms in total.